The third-order valence-corrected chi connectivity index (χ3v) is 5.16. The molecule has 22 heavy (non-hydrogen) atoms. The van der Waals surface area contributed by atoms with Crippen LogP contribution in [0.15, 0.2) is 17.6 Å². The van der Waals surface area contributed by atoms with E-state index < -0.39 is 0 Å². The minimum atomic E-state index is 0.357. The summed E-state index contributed by atoms with van der Waals surface area (Å²) in [6, 6.07) is 0. The van der Waals surface area contributed by atoms with Crippen molar-refractivity contribution in [3.8, 4) is 0 Å². The molecule has 1 fully saturated rings. The summed E-state index contributed by atoms with van der Waals surface area (Å²) < 4.78 is 5.29. The summed E-state index contributed by atoms with van der Waals surface area (Å²) in [5.74, 6) is 3.03. The summed E-state index contributed by atoms with van der Waals surface area (Å²) in [6.07, 6.45) is 8.32. The number of guanidine groups is 1. The average molecular weight is 328 g/mol. The molecule has 0 aromatic carbocycles. The molecular weight excluding hydrogens is 294 g/mol. The topological polar surface area (TPSA) is 45.7 Å². The predicted molar refractivity (Wildman–Crippen MR) is 98.9 cm³/mol. The van der Waals surface area contributed by atoms with Crippen molar-refractivity contribution in [3.05, 3.63) is 12.7 Å². The number of methoxy groups -OCH3 is 1. The minimum Gasteiger partial charge on any atom is -0.385 e. The van der Waals surface area contributed by atoms with Gasteiger partial charge in [-0.25, -0.2) is 0 Å². The predicted octanol–water partition coefficient (Wildman–Crippen LogP) is 3.06. The number of rotatable bonds is 11. The summed E-state index contributed by atoms with van der Waals surface area (Å²) in [7, 11) is 1.79. The molecular formula is C17H33N3OS. The second-order valence-electron chi connectivity index (χ2n) is 5.94. The van der Waals surface area contributed by atoms with Crippen LogP contribution in [0.4, 0.5) is 0 Å². The van der Waals surface area contributed by atoms with Gasteiger partial charge in [-0.05, 0) is 31.6 Å². The van der Waals surface area contributed by atoms with Gasteiger partial charge in [-0.3, -0.25) is 4.99 Å². The molecule has 0 aliphatic heterocycles. The largest absolute Gasteiger partial charge is 0.385 e. The maximum absolute atomic E-state index is 5.29. The van der Waals surface area contributed by atoms with Gasteiger partial charge in [0.2, 0.25) is 0 Å². The standard InChI is InChI=1S/C17H33N3OS/c1-4-13-22-14-11-19-16(18-5-2)20-15-17(10-12-21-3)8-6-7-9-17/h4H,1,5-15H2,2-3H3,(H2,18,19,20). The van der Waals surface area contributed by atoms with Gasteiger partial charge in [-0.15, -0.1) is 6.58 Å². The first-order chi connectivity index (χ1) is 10.8. The van der Waals surface area contributed by atoms with Gasteiger partial charge in [0.15, 0.2) is 5.96 Å². The second kappa shape index (κ2) is 11.8. The highest BCUT2D eigenvalue weighted by atomic mass is 32.2. The van der Waals surface area contributed by atoms with Crippen molar-refractivity contribution in [1.29, 1.82) is 0 Å². The quantitative estimate of drug-likeness (QED) is 0.265. The number of hydrogen-bond acceptors (Lipinski definition) is 3. The highest BCUT2D eigenvalue weighted by Crippen LogP contribution is 2.41. The van der Waals surface area contributed by atoms with Crippen molar-refractivity contribution < 1.29 is 4.74 Å². The molecule has 4 nitrogen and oxygen atoms in total. The lowest BCUT2D eigenvalue weighted by molar-refractivity contribution is 0.141. The first kappa shape index (κ1) is 19.4. The molecule has 0 atom stereocenters. The van der Waals surface area contributed by atoms with Gasteiger partial charge in [0.1, 0.15) is 0 Å². The number of hydrogen-bond donors (Lipinski definition) is 2. The van der Waals surface area contributed by atoms with E-state index in [9.17, 15) is 0 Å². The molecule has 0 amide bonds. The summed E-state index contributed by atoms with van der Waals surface area (Å²) >= 11 is 1.89. The SMILES string of the molecule is C=CCSCCNC(=NCC1(CCOC)CCCC1)NCC. The normalized spacial score (nSPS) is 17.5. The minimum absolute atomic E-state index is 0.357. The zero-order valence-corrected chi connectivity index (χ0v) is 15.1. The Balaban J connectivity index is 2.45. The van der Waals surface area contributed by atoms with Crippen LogP contribution in [-0.4, -0.2) is 50.8 Å². The number of thioether (sulfide) groups is 1. The zero-order chi connectivity index (χ0) is 16.1. The lowest BCUT2D eigenvalue weighted by atomic mass is 9.83. The Bertz CT molecular complexity index is 328. The second-order valence-corrected chi connectivity index (χ2v) is 7.09. The van der Waals surface area contributed by atoms with Crippen LogP contribution >= 0.6 is 11.8 Å². The highest BCUT2D eigenvalue weighted by molar-refractivity contribution is 7.99. The van der Waals surface area contributed by atoms with Crippen LogP contribution in [0.5, 0.6) is 0 Å². The lowest BCUT2D eigenvalue weighted by Crippen LogP contribution is -2.39. The Morgan fingerprint density at radius 2 is 2.14 bits per heavy atom. The van der Waals surface area contributed by atoms with Gasteiger partial charge in [-0.1, -0.05) is 18.9 Å². The first-order valence-electron chi connectivity index (χ1n) is 8.46. The van der Waals surface area contributed by atoms with Crippen LogP contribution in [0.3, 0.4) is 0 Å². The first-order valence-corrected chi connectivity index (χ1v) is 9.61. The molecule has 0 aromatic heterocycles. The smallest absolute Gasteiger partial charge is 0.191 e. The van der Waals surface area contributed by atoms with Crippen LogP contribution in [-0.2, 0) is 4.74 Å². The van der Waals surface area contributed by atoms with Gasteiger partial charge in [0.25, 0.3) is 0 Å². The zero-order valence-electron chi connectivity index (χ0n) is 14.3. The van der Waals surface area contributed by atoms with Crippen molar-refractivity contribution in [2.24, 2.45) is 10.4 Å². The third kappa shape index (κ3) is 7.54. The summed E-state index contributed by atoms with van der Waals surface area (Å²) in [4.78, 5) is 4.85. The van der Waals surface area contributed by atoms with E-state index in [4.69, 9.17) is 9.73 Å². The van der Waals surface area contributed by atoms with Crippen LogP contribution in [0.1, 0.15) is 39.0 Å². The van der Waals surface area contributed by atoms with E-state index in [1.165, 1.54) is 25.7 Å². The van der Waals surface area contributed by atoms with E-state index in [1.807, 2.05) is 17.8 Å². The van der Waals surface area contributed by atoms with Gasteiger partial charge < -0.3 is 15.4 Å². The van der Waals surface area contributed by atoms with Crippen molar-refractivity contribution in [2.75, 3.05) is 44.9 Å². The maximum atomic E-state index is 5.29. The van der Waals surface area contributed by atoms with E-state index in [0.717, 1.165) is 50.1 Å². The van der Waals surface area contributed by atoms with E-state index >= 15 is 0 Å². The van der Waals surface area contributed by atoms with Crippen LogP contribution in [0.25, 0.3) is 0 Å². The molecule has 0 heterocycles. The molecule has 2 N–H and O–H groups in total. The maximum Gasteiger partial charge on any atom is 0.191 e. The monoisotopic (exact) mass is 327 g/mol. The molecule has 1 saturated carbocycles. The summed E-state index contributed by atoms with van der Waals surface area (Å²) in [5.41, 5.74) is 0.357. The van der Waals surface area contributed by atoms with Gasteiger partial charge in [-0.2, -0.15) is 11.8 Å². The Hall–Kier alpha value is -0.680. The molecule has 1 aliphatic rings. The fraction of sp³-hybridized carbons (Fsp3) is 0.824. The van der Waals surface area contributed by atoms with Gasteiger partial charge in [0.05, 0.1) is 0 Å². The van der Waals surface area contributed by atoms with E-state index in [1.54, 1.807) is 7.11 Å². The van der Waals surface area contributed by atoms with Crippen molar-refractivity contribution in [3.63, 3.8) is 0 Å². The number of ether oxygens (including phenoxy) is 1. The fourth-order valence-corrected chi connectivity index (χ4v) is 3.51. The molecule has 5 heteroatoms. The third-order valence-electron chi connectivity index (χ3n) is 4.19. The van der Waals surface area contributed by atoms with Gasteiger partial charge >= 0.3 is 0 Å². The van der Waals surface area contributed by atoms with Crippen LogP contribution in [0.2, 0.25) is 0 Å². The molecule has 0 aromatic rings. The molecule has 0 unspecified atom stereocenters. The molecule has 1 aliphatic carbocycles. The molecule has 0 saturated heterocycles. The van der Waals surface area contributed by atoms with Crippen molar-refractivity contribution in [2.45, 2.75) is 39.0 Å². The van der Waals surface area contributed by atoms with Crippen LogP contribution in [0, 0.1) is 5.41 Å². The Morgan fingerprint density at radius 1 is 1.36 bits per heavy atom. The molecule has 0 spiro atoms. The van der Waals surface area contributed by atoms with Gasteiger partial charge in [0, 0.05) is 44.9 Å². The number of nitrogens with zero attached hydrogens (tertiary/aromatic N) is 1. The van der Waals surface area contributed by atoms with Crippen molar-refractivity contribution in [1.82, 2.24) is 10.6 Å². The molecule has 128 valence electrons. The summed E-state index contributed by atoms with van der Waals surface area (Å²) in [5, 5.41) is 6.78. The molecule has 0 bridgehead atoms. The van der Waals surface area contributed by atoms with E-state index in [2.05, 4.69) is 24.1 Å². The Morgan fingerprint density at radius 3 is 2.77 bits per heavy atom. The van der Waals surface area contributed by atoms with Crippen LogP contribution < -0.4 is 10.6 Å². The average Bonchev–Trinajstić information content (AvgIpc) is 2.99. The number of nitrogens with one attached hydrogen (secondary N) is 2. The van der Waals surface area contributed by atoms with Crippen molar-refractivity contribution >= 4 is 17.7 Å². The Kier molecular flexibility index (Phi) is 10.4. The highest BCUT2D eigenvalue weighted by Gasteiger charge is 2.33. The van der Waals surface area contributed by atoms with E-state index in [0.29, 0.717) is 5.41 Å². The molecule has 0 radical (unpaired) electrons. The summed E-state index contributed by atoms with van der Waals surface area (Å²) in [6.45, 7) is 9.44. The molecule has 1 rings (SSSR count). The number of aliphatic imine (C=N–C) groups is 1. The van der Waals surface area contributed by atoms with E-state index in [-0.39, 0.29) is 0 Å². The lowest BCUT2D eigenvalue weighted by Gasteiger charge is -2.27. The fourth-order valence-electron chi connectivity index (χ4n) is 2.93. The Labute approximate surface area is 140 Å².